The minimum Gasteiger partial charge on any atom is -0.355 e. The molecule has 1 atom stereocenters. The van der Waals surface area contributed by atoms with Crippen LogP contribution in [0.5, 0.6) is 0 Å². The van der Waals surface area contributed by atoms with Gasteiger partial charge in [-0.05, 0) is 49.4 Å². The molecule has 1 amide bonds. The first-order valence-electron chi connectivity index (χ1n) is 8.80. The number of amides is 1. The van der Waals surface area contributed by atoms with Crippen molar-refractivity contribution in [1.82, 2.24) is 9.97 Å². The fourth-order valence-electron chi connectivity index (χ4n) is 3.37. The molecule has 0 spiro atoms. The van der Waals surface area contributed by atoms with E-state index in [4.69, 9.17) is 34.8 Å². The number of carbonyl (C=O) groups is 1. The topological polar surface area (TPSA) is 49.3 Å². The highest BCUT2D eigenvalue weighted by atomic mass is 35.5. The molecule has 3 rings (SSSR count). The van der Waals surface area contributed by atoms with Crippen molar-refractivity contribution in [3.05, 3.63) is 45.3 Å². The summed E-state index contributed by atoms with van der Waals surface area (Å²) < 4.78 is 0. The van der Waals surface area contributed by atoms with E-state index >= 15 is 0 Å². The van der Waals surface area contributed by atoms with Crippen LogP contribution in [0, 0.1) is 12.8 Å². The van der Waals surface area contributed by atoms with E-state index in [9.17, 15) is 4.79 Å². The van der Waals surface area contributed by atoms with Crippen LogP contribution in [0.2, 0.25) is 15.3 Å². The van der Waals surface area contributed by atoms with Crippen LogP contribution in [0.3, 0.4) is 0 Å². The van der Waals surface area contributed by atoms with Gasteiger partial charge in [-0.1, -0.05) is 34.8 Å². The summed E-state index contributed by atoms with van der Waals surface area (Å²) in [7, 11) is 1.79. The van der Waals surface area contributed by atoms with Crippen molar-refractivity contribution < 1.29 is 4.79 Å². The lowest BCUT2D eigenvalue weighted by molar-refractivity contribution is -0.119. The van der Waals surface area contributed by atoms with Crippen LogP contribution in [0.1, 0.15) is 24.8 Å². The molecule has 0 N–H and O–H groups in total. The van der Waals surface area contributed by atoms with Gasteiger partial charge in [0.15, 0.2) is 10.3 Å². The molecule has 0 aliphatic carbocycles. The molecule has 1 aromatic carbocycles. The molecule has 2 heterocycles. The first-order valence-corrected chi connectivity index (χ1v) is 9.93. The zero-order valence-electron chi connectivity index (χ0n) is 15.3. The second kappa shape index (κ2) is 8.63. The number of carbonyl (C=O) groups excluding carboxylic acids is 1. The molecule has 144 valence electrons. The van der Waals surface area contributed by atoms with Crippen molar-refractivity contribution in [2.45, 2.75) is 26.2 Å². The highest BCUT2D eigenvalue weighted by Crippen LogP contribution is 2.28. The quantitative estimate of drug-likeness (QED) is 0.688. The van der Waals surface area contributed by atoms with Gasteiger partial charge in [-0.3, -0.25) is 4.79 Å². The number of aromatic nitrogens is 2. The van der Waals surface area contributed by atoms with Crippen LogP contribution in [0.4, 0.5) is 11.5 Å². The van der Waals surface area contributed by atoms with Crippen molar-refractivity contribution in [1.29, 1.82) is 0 Å². The van der Waals surface area contributed by atoms with Gasteiger partial charge < -0.3 is 9.80 Å². The Hall–Kier alpha value is -1.56. The Labute approximate surface area is 174 Å². The average Bonchev–Trinajstić information content (AvgIpc) is 2.62. The minimum atomic E-state index is 0.0729. The highest BCUT2D eigenvalue weighted by molar-refractivity contribution is 6.40. The molecule has 8 heteroatoms. The number of anilines is 2. The Morgan fingerprint density at radius 1 is 1.26 bits per heavy atom. The maximum atomic E-state index is 12.8. The highest BCUT2D eigenvalue weighted by Gasteiger charge is 2.25. The summed E-state index contributed by atoms with van der Waals surface area (Å²) >= 11 is 18.0. The van der Waals surface area contributed by atoms with Crippen molar-refractivity contribution in [2.24, 2.45) is 5.92 Å². The summed E-state index contributed by atoms with van der Waals surface area (Å²) in [5.41, 5.74) is 1.84. The number of rotatable bonds is 4. The average molecular weight is 428 g/mol. The SMILES string of the molecule is Cc1cc(Cl)cc(N(C)C(=O)C[C@@H]2CCCN(c3cnc(Cl)c(Cl)n3)C2)c1. The van der Waals surface area contributed by atoms with E-state index in [0.717, 1.165) is 37.2 Å². The molecule has 5 nitrogen and oxygen atoms in total. The molecular formula is C19H21Cl3N4O. The van der Waals surface area contributed by atoms with Crippen LogP contribution in [-0.2, 0) is 4.79 Å². The number of aryl methyl sites for hydroxylation is 1. The van der Waals surface area contributed by atoms with Crippen LogP contribution in [0.25, 0.3) is 0 Å². The Morgan fingerprint density at radius 2 is 2.04 bits per heavy atom. The second-order valence-corrected chi connectivity index (χ2v) is 8.06. The predicted octanol–water partition coefficient (Wildman–Crippen LogP) is 5.01. The van der Waals surface area contributed by atoms with Gasteiger partial charge in [-0.2, -0.15) is 0 Å². The summed E-state index contributed by atoms with van der Waals surface area (Å²) in [5.74, 6) is 1.01. The van der Waals surface area contributed by atoms with Gasteiger partial charge in [0.25, 0.3) is 0 Å². The lowest BCUT2D eigenvalue weighted by atomic mass is 9.94. The standard InChI is InChI=1S/C19H21Cl3N4O/c1-12-6-14(20)9-15(7-12)25(2)17(27)8-13-4-3-5-26(11-13)16-10-23-18(21)19(22)24-16/h6-7,9-10,13H,3-5,8,11H2,1-2H3/t13-/m0/s1. The van der Waals surface area contributed by atoms with E-state index < -0.39 is 0 Å². The van der Waals surface area contributed by atoms with Crippen LogP contribution < -0.4 is 9.80 Å². The Morgan fingerprint density at radius 3 is 2.74 bits per heavy atom. The van der Waals surface area contributed by atoms with Gasteiger partial charge in [-0.25, -0.2) is 9.97 Å². The monoisotopic (exact) mass is 426 g/mol. The lowest BCUT2D eigenvalue weighted by Gasteiger charge is -2.34. The third kappa shape index (κ3) is 5.03. The molecule has 1 fully saturated rings. The van der Waals surface area contributed by atoms with Crippen LogP contribution in [-0.4, -0.2) is 36.0 Å². The fourth-order valence-corrected chi connectivity index (χ4v) is 3.88. The van der Waals surface area contributed by atoms with Crippen molar-refractivity contribution in [3.63, 3.8) is 0 Å². The summed E-state index contributed by atoms with van der Waals surface area (Å²) in [4.78, 5) is 24.9. The van der Waals surface area contributed by atoms with Crippen molar-refractivity contribution >= 4 is 52.2 Å². The van der Waals surface area contributed by atoms with Crippen LogP contribution in [0.15, 0.2) is 24.4 Å². The summed E-state index contributed by atoms with van der Waals surface area (Å²) in [6.07, 6.45) is 4.08. The van der Waals surface area contributed by atoms with Gasteiger partial charge in [0.1, 0.15) is 5.82 Å². The Kier molecular flexibility index (Phi) is 6.45. The number of hydrogen-bond acceptors (Lipinski definition) is 4. The van der Waals surface area contributed by atoms with Gasteiger partial charge in [0.05, 0.1) is 6.20 Å². The Bertz CT molecular complexity index is 825. The van der Waals surface area contributed by atoms with Crippen molar-refractivity contribution in [2.75, 3.05) is 29.9 Å². The molecule has 0 unspecified atom stereocenters. The minimum absolute atomic E-state index is 0.0729. The van der Waals surface area contributed by atoms with E-state index in [-0.39, 0.29) is 22.1 Å². The predicted molar refractivity (Wildman–Crippen MR) is 111 cm³/mol. The van der Waals surface area contributed by atoms with E-state index in [1.54, 1.807) is 18.1 Å². The van der Waals surface area contributed by atoms with Crippen molar-refractivity contribution in [3.8, 4) is 0 Å². The first kappa shape index (κ1) is 20.2. The van der Waals surface area contributed by atoms with Gasteiger partial charge in [0.2, 0.25) is 5.91 Å². The molecule has 2 aromatic rings. The molecule has 1 saturated heterocycles. The first-order chi connectivity index (χ1) is 12.8. The zero-order valence-corrected chi connectivity index (χ0v) is 17.5. The molecule has 1 aliphatic heterocycles. The summed E-state index contributed by atoms with van der Waals surface area (Å²) in [5, 5.41) is 1.03. The van der Waals surface area contributed by atoms with E-state index in [2.05, 4.69) is 14.9 Å². The molecule has 0 bridgehead atoms. The molecule has 0 radical (unpaired) electrons. The molecule has 1 aliphatic rings. The van der Waals surface area contributed by atoms with Gasteiger partial charge in [0, 0.05) is 37.3 Å². The third-order valence-corrected chi connectivity index (χ3v) is 5.63. The number of hydrogen-bond donors (Lipinski definition) is 0. The molecule has 27 heavy (non-hydrogen) atoms. The summed E-state index contributed by atoms with van der Waals surface area (Å²) in [6, 6.07) is 5.65. The van der Waals surface area contributed by atoms with Crippen LogP contribution >= 0.6 is 34.8 Å². The lowest BCUT2D eigenvalue weighted by Crippen LogP contribution is -2.38. The Balaban J connectivity index is 1.66. The second-order valence-electron chi connectivity index (χ2n) is 6.91. The van der Waals surface area contributed by atoms with Gasteiger partial charge >= 0.3 is 0 Å². The fraction of sp³-hybridized carbons (Fsp3) is 0.421. The zero-order chi connectivity index (χ0) is 19.6. The summed E-state index contributed by atoms with van der Waals surface area (Å²) in [6.45, 7) is 3.56. The third-order valence-electron chi connectivity index (χ3n) is 4.77. The normalized spacial score (nSPS) is 17.1. The number of piperidine rings is 1. The van der Waals surface area contributed by atoms with Gasteiger partial charge in [-0.15, -0.1) is 0 Å². The number of benzene rings is 1. The molecule has 1 aromatic heterocycles. The molecule has 0 saturated carbocycles. The molecular weight excluding hydrogens is 407 g/mol. The van der Waals surface area contributed by atoms with E-state index in [0.29, 0.717) is 17.3 Å². The van der Waals surface area contributed by atoms with E-state index in [1.165, 1.54) is 0 Å². The maximum absolute atomic E-state index is 12.8. The number of nitrogens with zero attached hydrogens (tertiary/aromatic N) is 4. The number of halogens is 3. The maximum Gasteiger partial charge on any atom is 0.227 e. The smallest absolute Gasteiger partial charge is 0.227 e. The van der Waals surface area contributed by atoms with E-state index in [1.807, 2.05) is 25.1 Å². The largest absolute Gasteiger partial charge is 0.355 e.